The first-order valence-corrected chi connectivity index (χ1v) is 7.76. The van der Waals surface area contributed by atoms with E-state index in [-0.39, 0.29) is 6.61 Å². The molecular weight excluding hydrogens is 389 g/mol. The van der Waals surface area contributed by atoms with Gasteiger partial charge in [0.25, 0.3) is 0 Å². The lowest BCUT2D eigenvalue weighted by Gasteiger charge is -2.09. The predicted octanol–water partition coefficient (Wildman–Crippen LogP) is 4.37. The van der Waals surface area contributed by atoms with Crippen LogP contribution >= 0.6 is 22.6 Å². The van der Waals surface area contributed by atoms with Gasteiger partial charge in [0.2, 0.25) is 0 Å². The zero-order valence-corrected chi connectivity index (χ0v) is 14.6. The molecule has 0 saturated heterocycles. The summed E-state index contributed by atoms with van der Waals surface area (Å²) in [7, 11) is 1.60. The van der Waals surface area contributed by atoms with Gasteiger partial charge in [0.15, 0.2) is 11.5 Å². The van der Waals surface area contributed by atoms with E-state index < -0.39 is 0 Å². The summed E-state index contributed by atoms with van der Waals surface area (Å²) >= 11 is 2.29. The van der Waals surface area contributed by atoms with Gasteiger partial charge in [-0.15, -0.1) is 6.42 Å². The van der Waals surface area contributed by atoms with E-state index in [0.29, 0.717) is 11.5 Å². The van der Waals surface area contributed by atoms with Gasteiger partial charge >= 0.3 is 0 Å². The molecule has 0 atom stereocenters. The van der Waals surface area contributed by atoms with Crippen LogP contribution in [0.4, 0.5) is 5.69 Å². The summed E-state index contributed by atoms with van der Waals surface area (Å²) in [5.74, 6) is 3.70. The molecule has 22 heavy (non-hydrogen) atoms. The Morgan fingerprint density at radius 2 is 2.05 bits per heavy atom. The third kappa shape index (κ3) is 4.25. The second kappa shape index (κ2) is 7.85. The Bertz CT molecular complexity index is 732. The lowest BCUT2D eigenvalue weighted by Crippen LogP contribution is -1.97. The van der Waals surface area contributed by atoms with E-state index in [9.17, 15) is 0 Å². The molecule has 0 saturated carbocycles. The van der Waals surface area contributed by atoms with Crippen LogP contribution in [0, 0.1) is 22.8 Å². The van der Waals surface area contributed by atoms with Crippen molar-refractivity contribution in [1.82, 2.24) is 0 Å². The maximum absolute atomic E-state index is 5.42. The molecule has 0 amide bonds. The summed E-state index contributed by atoms with van der Waals surface area (Å²) in [6.45, 7) is 2.26. The molecule has 0 N–H and O–H groups in total. The van der Waals surface area contributed by atoms with Gasteiger partial charge in [0.1, 0.15) is 6.61 Å². The topological polar surface area (TPSA) is 30.8 Å². The highest BCUT2D eigenvalue weighted by Crippen LogP contribution is 2.28. The number of ether oxygens (including phenoxy) is 2. The van der Waals surface area contributed by atoms with E-state index in [1.54, 1.807) is 7.11 Å². The van der Waals surface area contributed by atoms with Crippen molar-refractivity contribution in [3.05, 3.63) is 51.1 Å². The Morgan fingerprint density at radius 1 is 1.23 bits per heavy atom. The molecule has 0 spiro atoms. The first-order chi connectivity index (χ1) is 10.6. The fourth-order valence-electron chi connectivity index (χ4n) is 1.91. The van der Waals surface area contributed by atoms with Crippen molar-refractivity contribution in [3.8, 4) is 23.8 Å². The van der Waals surface area contributed by atoms with E-state index in [1.165, 1.54) is 3.57 Å². The van der Waals surface area contributed by atoms with Gasteiger partial charge in [0, 0.05) is 9.78 Å². The molecule has 0 fully saturated rings. The second-order valence-electron chi connectivity index (χ2n) is 4.59. The van der Waals surface area contributed by atoms with Crippen molar-refractivity contribution in [2.45, 2.75) is 6.92 Å². The highest BCUT2D eigenvalue weighted by molar-refractivity contribution is 14.1. The van der Waals surface area contributed by atoms with Gasteiger partial charge in [-0.25, -0.2) is 0 Å². The molecule has 0 heterocycles. The smallest absolute Gasteiger partial charge is 0.162 e. The second-order valence-corrected chi connectivity index (χ2v) is 5.84. The molecular formula is C18H16INO2. The van der Waals surface area contributed by atoms with Gasteiger partial charge in [-0.3, -0.25) is 4.99 Å². The molecule has 112 valence electrons. The van der Waals surface area contributed by atoms with Crippen molar-refractivity contribution in [3.63, 3.8) is 0 Å². The van der Waals surface area contributed by atoms with Crippen molar-refractivity contribution in [2.24, 2.45) is 4.99 Å². The van der Waals surface area contributed by atoms with Crippen LogP contribution in [-0.2, 0) is 0 Å². The van der Waals surface area contributed by atoms with Crippen molar-refractivity contribution >= 4 is 34.5 Å². The van der Waals surface area contributed by atoms with Gasteiger partial charge in [-0.05, 0) is 77.0 Å². The minimum absolute atomic E-state index is 0.214. The number of terminal acetylenes is 1. The SMILES string of the molecule is C#CCOc1ccc(C=Nc2ccc(I)cc2C)cc1OC. The molecule has 3 nitrogen and oxygen atoms in total. The summed E-state index contributed by atoms with van der Waals surface area (Å²) in [6.07, 6.45) is 7.01. The monoisotopic (exact) mass is 405 g/mol. The lowest BCUT2D eigenvalue weighted by molar-refractivity contribution is 0.331. The van der Waals surface area contributed by atoms with Crippen LogP contribution in [0.1, 0.15) is 11.1 Å². The number of methoxy groups -OCH3 is 1. The third-order valence-corrected chi connectivity index (χ3v) is 3.68. The standard InChI is InChI=1S/C18H16INO2/c1-4-9-22-17-8-5-14(11-18(17)21-3)12-20-16-7-6-15(19)10-13(16)2/h1,5-8,10-12H,9H2,2-3H3. The van der Waals surface area contributed by atoms with Gasteiger partial charge < -0.3 is 9.47 Å². The molecule has 2 rings (SSSR count). The van der Waals surface area contributed by atoms with Gasteiger partial charge in [0.05, 0.1) is 12.8 Å². The Hall–Kier alpha value is -2.00. The number of aryl methyl sites for hydroxylation is 1. The summed E-state index contributed by atoms with van der Waals surface area (Å²) in [5, 5.41) is 0. The maximum atomic E-state index is 5.42. The number of nitrogens with zero attached hydrogens (tertiary/aromatic N) is 1. The van der Waals surface area contributed by atoms with Crippen LogP contribution in [0.25, 0.3) is 0 Å². The average Bonchev–Trinajstić information content (AvgIpc) is 2.52. The molecule has 2 aromatic carbocycles. The highest BCUT2D eigenvalue weighted by atomic mass is 127. The molecule has 0 aliphatic rings. The van der Waals surface area contributed by atoms with E-state index in [0.717, 1.165) is 16.8 Å². The zero-order valence-electron chi connectivity index (χ0n) is 12.5. The molecule has 0 unspecified atom stereocenters. The maximum Gasteiger partial charge on any atom is 0.162 e. The third-order valence-electron chi connectivity index (χ3n) is 3.01. The fraction of sp³-hybridized carbons (Fsp3) is 0.167. The first-order valence-electron chi connectivity index (χ1n) is 6.68. The average molecular weight is 405 g/mol. The minimum atomic E-state index is 0.214. The molecule has 0 radical (unpaired) electrons. The first kappa shape index (κ1) is 16.4. The Kier molecular flexibility index (Phi) is 5.84. The number of hydrogen-bond acceptors (Lipinski definition) is 3. The quantitative estimate of drug-likeness (QED) is 0.420. The number of aliphatic imine (C=N–C) groups is 1. The largest absolute Gasteiger partial charge is 0.493 e. The van der Waals surface area contributed by atoms with Gasteiger partial charge in [-0.1, -0.05) is 5.92 Å². The van der Waals surface area contributed by atoms with Crippen LogP contribution in [0.3, 0.4) is 0 Å². The van der Waals surface area contributed by atoms with Crippen LogP contribution in [0.15, 0.2) is 41.4 Å². The van der Waals surface area contributed by atoms with Gasteiger partial charge in [-0.2, -0.15) is 0 Å². The van der Waals surface area contributed by atoms with Crippen LogP contribution in [-0.4, -0.2) is 19.9 Å². The summed E-state index contributed by atoms with van der Waals surface area (Å²) in [5.41, 5.74) is 3.03. The Morgan fingerprint density at radius 3 is 2.73 bits per heavy atom. The summed E-state index contributed by atoms with van der Waals surface area (Å²) in [4.78, 5) is 4.53. The summed E-state index contributed by atoms with van der Waals surface area (Å²) in [6, 6.07) is 11.8. The molecule has 4 heteroatoms. The Labute approximate surface area is 144 Å². The van der Waals surface area contributed by atoms with E-state index in [4.69, 9.17) is 15.9 Å². The lowest BCUT2D eigenvalue weighted by atomic mass is 10.2. The van der Waals surface area contributed by atoms with Crippen LogP contribution in [0.2, 0.25) is 0 Å². The molecule has 0 aliphatic carbocycles. The predicted molar refractivity (Wildman–Crippen MR) is 98.5 cm³/mol. The fourth-order valence-corrected chi connectivity index (χ4v) is 2.56. The van der Waals surface area contributed by atoms with Crippen molar-refractivity contribution < 1.29 is 9.47 Å². The van der Waals surface area contributed by atoms with Crippen molar-refractivity contribution in [1.29, 1.82) is 0 Å². The highest BCUT2D eigenvalue weighted by Gasteiger charge is 2.04. The molecule has 2 aromatic rings. The zero-order chi connectivity index (χ0) is 15.9. The van der Waals surface area contributed by atoms with Crippen LogP contribution < -0.4 is 9.47 Å². The number of hydrogen-bond donors (Lipinski definition) is 0. The Balaban J connectivity index is 2.22. The molecule has 0 aliphatic heterocycles. The van der Waals surface area contributed by atoms with E-state index >= 15 is 0 Å². The van der Waals surface area contributed by atoms with Crippen LogP contribution in [0.5, 0.6) is 11.5 Å². The molecule has 0 aromatic heterocycles. The van der Waals surface area contributed by atoms with E-state index in [2.05, 4.69) is 39.6 Å². The van der Waals surface area contributed by atoms with E-state index in [1.807, 2.05) is 43.5 Å². The minimum Gasteiger partial charge on any atom is -0.493 e. The number of halogens is 1. The number of rotatable bonds is 5. The normalized spacial score (nSPS) is 10.5. The summed E-state index contributed by atoms with van der Waals surface area (Å²) < 4.78 is 11.9. The molecule has 0 bridgehead atoms. The number of benzene rings is 2. The van der Waals surface area contributed by atoms with Crippen molar-refractivity contribution in [2.75, 3.05) is 13.7 Å².